The summed E-state index contributed by atoms with van der Waals surface area (Å²) >= 11 is 2.02. The molecule has 1 heterocycles. The Labute approximate surface area is 163 Å². The highest BCUT2D eigenvalue weighted by Crippen LogP contribution is 2.42. The lowest BCUT2D eigenvalue weighted by molar-refractivity contribution is 0.153. The van der Waals surface area contributed by atoms with Crippen LogP contribution in [0, 0.1) is 15.2 Å². The largest absolute Gasteiger partial charge is 0.489 e. The number of halogens is 3. The van der Waals surface area contributed by atoms with Crippen molar-refractivity contribution in [1.82, 2.24) is 0 Å². The van der Waals surface area contributed by atoms with Gasteiger partial charge in [-0.1, -0.05) is 6.58 Å². The second-order valence-corrected chi connectivity index (χ2v) is 7.00. The van der Waals surface area contributed by atoms with Gasteiger partial charge < -0.3 is 20.1 Å². The van der Waals surface area contributed by atoms with Crippen molar-refractivity contribution in [3.8, 4) is 0 Å². The van der Waals surface area contributed by atoms with E-state index in [0.29, 0.717) is 28.3 Å². The van der Waals surface area contributed by atoms with E-state index in [4.69, 9.17) is 9.84 Å². The molecular weight excluding hydrogens is 453 g/mol. The molecule has 0 bridgehead atoms. The summed E-state index contributed by atoms with van der Waals surface area (Å²) in [6, 6.07) is 7.43. The molecule has 2 aromatic carbocycles. The Bertz CT molecular complexity index is 899. The number of hydrogen-bond acceptors (Lipinski definition) is 4. The maximum Gasteiger partial charge on any atom is 0.147 e. The molecule has 3 rings (SSSR count). The van der Waals surface area contributed by atoms with Gasteiger partial charge in [0.1, 0.15) is 24.0 Å². The molecule has 1 aliphatic rings. The third-order valence-corrected chi connectivity index (χ3v) is 4.59. The van der Waals surface area contributed by atoms with Crippen molar-refractivity contribution in [3.05, 3.63) is 69.6 Å². The minimum atomic E-state index is -0.454. The first-order valence-corrected chi connectivity index (χ1v) is 8.92. The summed E-state index contributed by atoms with van der Waals surface area (Å²) in [6.45, 7) is 4.01. The summed E-state index contributed by atoms with van der Waals surface area (Å²) < 4.78 is 34.7. The quantitative estimate of drug-likeness (QED) is 0.626. The molecule has 136 valence electrons. The van der Waals surface area contributed by atoms with Crippen molar-refractivity contribution in [2.45, 2.75) is 0 Å². The summed E-state index contributed by atoms with van der Waals surface area (Å²) in [6.07, 6.45) is 1.68. The van der Waals surface area contributed by atoms with E-state index in [1.165, 1.54) is 18.2 Å². The standard InChI is InChI=1S/C19H17F2IN2O2/c1-11-18(26-6-5-25)10-24(2)17-8-12(20)7-16(19(11)17)23-15-4-3-13(22)9-14(15)21/h3-4,7-10,23,25H,1,5-6H2,2H3. The molecule has 0 spiro atoms. The fourth-order valence-corrected chi connectivity index (χ4v) is 3.20. The number of benzene rings is 2. The zero-order chi connectivity index (χ0) is 18.8. The van der Waals surface area contributed by atoms with Gasteiger partial charge in [0.25, 0.3) is 0 Å². The van der Waals surface area contributed by atoms with Crippen LogP contribution in [0.4, 0.5) is 25.8 Å². The van der Waals surface area contributed by atoms with Crippen LogP contribution in [0.2, 0.25) is 0 Å². The van der Waals surface area contributed by atoms with E-state index in [1.54, 1.807) is 30.3 Å². The minimum absolute atomic E-state index is 0.115. The number of fused-ring (bicyclic) bond motifs is 1. The van der Waals surface area contributed by atoms with Crippen molar-refractivity contribution in [1.29, 1.82) is 0 Å². The molecule has 0 fully saturated rings. The number of aliphatic hydroxyl groups excluding tert-OH is 1. The van der Waals surface area contributed by atoms with Crippen LogP contribution in [0.5, 0.6) is 0 Å². The molecule has 0 unspecified atom stereocenters. The van der Waals surface area contributed by atoms with Crippen LogP contribution in [0.3, 0.4) is 0 Å². The Morgan fingerprint density at radius 1 is 1.23 bits per heavy atom. The fraction of sp³-hybridized carbons (Fsp3) is 0.158. The van der Waals surface area contributed by atoms with Crippen molar-refractivity contribution < 1.29 is 18.6 Å². The van der Waals surface area contributed by atoms with Gasteiger partial charge in [-0.2, -0.15) is 0 Å². The van der Waals surface area contributed by atoms with Gasteiger partial charge in [-0.25, -0.2) is 8.78 Å². The molecule has 0 aliphatic carbocycles. The summed E-state index contributed by atoms with van der Waals surface area (Å²) in [4.78, 5) is 1.70. The molecule has 0 aromatic heterocycles. The van der Waals surface area contributed by atoms with Crippen LogP contribution in [-0.4, -0.2) is 25.4 Å². The first-order chi connectivity index (χ1) is 12.4. The molecule has 26 heavy (non-hydrogen) atoms. The summed E-state index contributed by atoms with van der Waals surface area (Å²) in [5.74, 6) is -0.422. The predicted molar refractivity (Wildman–Crippen MR) is 107 cm³/mol. The van der Waals surface area contributed by atoms with Gasteiger partial charge in [0.05, 0.1) is 23.7 Å². The molecule has 0 saturated heterocycles. The summed E-state index contributed by atoms with van der Waals surface area (Å²) in [7, 11) is 1.75. The molecule has 0 radical (unpaired) electrons. The van der Waals surface area contributed by atoms with Gasteiger partial charge in [-0.05, 0) is 52.9 Å². The Kier molecular flexibility index (Phi) is 5.47. The lowest BCUT2D eigenvalue weighted by Crippen LogP contribution is -2.19. The number of nitrogens with zero attached hydrogens (tertiary/aromatic N) is 1. The van der Waals surface area contributed by atoms with Crippen LogP contribution in [0.1, 0.15) is 5.56 Å². The third-order valence-electron chi connectivity index (χ3n) is 3.92. The average molecular weight is 470 g/mol. The first-order valence-electron chi connectivity index (χ1n) is 7.84. The number of allylic oxidation sites excluding steroid dienone is 1. The van der Waals surface area contributed by atoms with Gasteiger partial charge in [0, 0.05) is 28.0 Å². The van der Waals surface area contributed by atoms with E-state index in [0.717, 1.165) is 3.57 Å². The van der Waals surface area contributed by atoms with E-state index >= 15 is 0 Å². The molecule has 0 amide bonds. The van der Waals surface area contributed by atoms with Crippen molar-refractivity contribution in [2.24, 2.45) is 0 Å². The molecule has 7 heteroatoms. The number of hydrogen-bond donors (Lipinski definition) is 2. The second-order valence-electron chi connectivity index (χ2n) is 5.75. The zero-order valence-electron chi connectivity index (χ0n) is 14.0. The van der Waals surface area contributed by atoms with E-state index in [-0.39, 0.29) is 18.9 Å². The van der Waals surface area contributed by atoms with Crippen molar-refractivity contribution in [3.63, 3.8) is 0 Å². The normalized spacial score (nSPS) is 13.3. The number of ether oxygens (including phenoxy) is 1. The maximum absolute atomic E-state index is 14.2. The van der Waals surface area contributed by atoms with E-state index in [1.807, 2.05) is 22.6 Å². The highest BCUT2D eigenvalue weighted by atomic mass is 127. The van der Waals surface area contributed by atoms with E-state index in [2.05, 4.69) is 11.9 Å². The number of nitrogens with one attached hydrogen (secondary N) is 1. The first kappa shape index (κ1) is 18.7. The van der Waals surface area contributed by atoms with Crippen LogP contribution in [0.15, 0.2) is 48.9 Å². The average Bonchev–Trinajstić information content (AvgIpc) is 2.59. The smallest absolute Gasteiger partial charge is 0.147 e. The van der Waals surface area contributed by atoms with E-state index in [9.17, 15) is 8.78 Å². The van der Waals surface area contributed by atoms with E-state index < -0.39 is 11.6 Å². The highest BCUT2D eigenvalue weighted by Gasteiger charge is 2.25. The van der Waals surface area contributed by atoms with Gasteiger partial charge >= 0.3 is 0 Å². The Hall–Kier alpha value is -2.13. The molecule has 2 N–H and O–H groups in total. The van der Waals surface area contributed by atoms with Crippen LogP contribution >= 0.6 is 22.6 Å². The predicted octanol–water partition coefficient (Wildman–Crippen LogP) is 4.63. The number of aliphatic hydroxyl groups is 1. The summed E-state index contributed by atoms with van der Waals surface area (Å²) in [5, 5.41) is 11.9. The maximum atomic E-state index is 14.2. The van der Waals surface area contributed by atoms with Crippen LogP contribution in [-0.2, 0) is 4.74 Å². The van der Waals surface area contributed by atoms with Gasteiger partial charge in [0.15, 0.2) is 0 Å². The van der Waals surface area contributed by atoms with Crippen molar-refractivity contribution >= 4 is 45.2 Å². The Morgan fingerprint density at radius 3 is 2.69 bits per heavy atom. The molecule has 0 atom stereocenters. The Morgan fingerprint density at radius 2 is 2.00 bits per heavy atom. The SMILES string of the molecule is C=C1C(OCCO)=CN(C)c2cc(F)cc(Nc3ccc(I)cc3F)c21. The Balaban J connectivity index is 2.05. The highest BCUT2D eigenvalue weighted by molar-refractivity contribution is 14.1. The van der Waals surface area contributed by atoms with Crippen LogP contribution in [0.25, 0.3) is 5.57 Å². The number of anilines is 3. The molecule has 4 nitrogen and oxygen atoms in total. The lowest BCUT2D eigenvalue weighted by atomic mass is 9.97. The molecule has 0 saturated carbocycles. The molecular formula is C19H17F2IN2O2. The topological polar surface area (TPSA) is 44.7 Å². The van der Waals surface area contributed by atoms with Gasteiger partial charge in [0.2, 0.25) is 0 Å². The lowest BCUT2D eigenvalue weighted by Gasteiger charge is -2.29. The fourth-order valence-electron chi connectivity index (χ4n) is 2.75. The second kappa shape index (κ2) is 7.63. The van der Waals surface area contributed by atoms with Gasteiger partial charge in [-0.15, -0.1) is 0 Å². The monoisotopic (exact) mass is 470 g/mol. The molecule has 2 aromatic rings. The zero-order valence-corrected chi connectivity index (χ0v) is 16.2. The summed E-state index contributed by atoms with van der Waals surface area (Å²) in [5.41, 5.74) is 2.35. The van der Waals surface area contributed by atoms with Gasteiger partial charge in [-0.3, -0.25) is 0 Å². The van der Waals surface area contributed by atoms with Crippen LogP contribution < -0.4 is 10.2 Å². The molecule has 1 aliphatic heterocycles. The van der Waals surface area contributed by atoms with Crippen molar-refractivity contribution in [2.75, 3.05) is 30.5 Å². The number of rotatable bonds is 5. The minimum Gasteiger partial charge on any atom is -0.489 e. The third kappa shape index (κ3) is 3.68.